The summed E-state index contributed by atoms with van der Waals surface area (Å²) in [6.45, 7) is 0.584. The van der Waals surface area contributed by atoms with Gasteiger partial charge in [0.25, 0.3) is 5.91 Å². The van der Waals surface area contributed by atoms with Crippen LogP contribution in [0.25, 0.3) is 0 Å². The second-order valence-corrected chi connectivity index (χ2v) is 6.26. The molecule has 1 saturated heterocycles. The molecule has 1 unspecified atom stereocenters. The van der Waals surface area contributed by atoms with Gasteiger partial charge in [0.1, 0.15) is 6.26 Å². The van der Waals surface area contributed by atoms with Gasteiger partial charge in [0.05, 0.1) is 17.9 Å². The second kappa shape index (κ2) is 5.57. The topological polar surface area (TPSA) is 62.6 Å². The lowest BCUT2D eigenvalue weighted by atomic mass is 10.1. The van der Waals surface area contributed by atoms with E-state index in [4.69, 9.17) is 4.42 Å². The number of rotatable bonds is 3. The minimum absolute atomic E-state index is 0.125. The zero-order valence-corrected chi connectivity index (χ0v) is 12.7. The van der Waals surface area contributed by atoms with E-state index >= 15 is 0 Å². The van der Waals surface area contributed by atoms with Crippen molar-refractivity contribution in [2.24, 2.45) is 0 Å². The van der Waals surface area contributed by atoms with E-state index < -0.39 is 0 Å². The molecule has 0 bridgehead atoms. The number of carbonyl (C=O) groups excluding carboxylic acids is 2. The van der Waals surface area contributed by atoms with Crippen molar-refractivity contribution in [1.82, 2.24) is 10.2 Å². The average Bonchev–Trinajstić information content (AvgIpc) is 3.25. The Morgan fingerprint density at radius 3 is 2.52 bits per heavy atom. The van der Waals surface area contributed by atoms with Crippen LogP contribution in [0.4, 0.5) is 0 Å². The number of nitrogens with zero attached hydrogens (tertiary/aromatic N) is 1. The van der Waals surface area contributed by atoms with Crippen molar-refractivity contribution in [2.45, 2.75) is 31.3 Å². The minimum atomic E-state index is -0.187. The fourth-order valence-corrected chi connectivity index (χ4v) is 3.60. The zero-order valence-electron chi connectivity index (χ0n) is 12.7. The molecule has 2 heterocycles. The van der Waals surface area contributed by atoms with E-state index in [0.29, 0.717) is 18.5 Å². The fraction of sp³-hybridized carbons (Fsp3) is 0.333. The maximum atomic E-state index is 12.3. The normalized spacial score (nSPS) is 20.8. The third-order valence-corrected chi connectivity index (χ3v) is 4.75. The molecule has 0 spiro atoms. The summed E-state index contributed by atoms with van der Waals surface area (Å²) in [6.07, 6.45) is 5.07. The van der Waals surface area contributed by atoms with Gasteiger partial charge in [-0.3, -0.25) is 9.59 Å². The van der Waals surface area contributed by atoms with Crippen molar-refractivity contribution in [3.63, 3.8) is 0 Å². The summed E-state index contributed by atoms with van der Waals surface area (Å²) in [4.78, 5) is 26.4. The van der Waals surface area contributed by atoms with Crippen molar-refractivity contribution < 1.29 is 14.0 Å². The smallest absolute Gasteiger partial charge is 0.254 e. The van der Waals surface area contributed by atoms with Gasteiger partial charge in [0, 0.05) is 19.0 Å². The number of hydrogen-bond acceptors (Lipinski definition) is 3. The first-order valence-electron chi connectivity index (χ1n) is 7.90. The van der Waals surface area contributed by atoms with Crippen LogP contribution in [0.3, 0.4) is 0 Å². The van der Waals surface area contributed by atoms with Crippen LogP contribution >= 0.6 is 0 Å². The molecule has 1 aromatic carbocycles. The van der Waals surface area contributed by atoms with Crippen molar-refractivity contribution >= 4 is 11.8 Å². The summed E-state index contributed by atoms with van der Waals surface area (Å²) in [5.74, 6) is -0.0617. The van der Waals surface area contributed by atoms with Gasteiger partial charge >= 0.3 is 0 Å². The first-order valence-corrected chi connectivity index (χ1v) is 7.90. The molecule has 1 fully saturated rings. The lowest BCUT2D eigenvalue weighted by Crippen LogP contribution is -2.41. The highest BCUT2D eigenvalue weighted by molar-refractivity contribution is 5.94. The second-order valence-electron chi connectivity index (χ2n) is 6.26. The van der Waals surface area contributed by atoms with Gasteiger partial charge in [0.2, 0.25) is 5.91 Å². The number of furan rings is 1. The molecule has 2 aliphatic rings. The molecule has 23 heavy (non-hydrogen) atoms. The molecular formula is C18H18N2O3. The molecule has 2 aromatic rings. The minimum Gasteiger partial charge on any atom is -0.472 e. The van der Waals surface area contributed by atoms with Crippen LogP contribution in [0, 0.1) is 0 Å². The first kappa shape index (κ1) is 14.1. The SMILES string of the molecule is O=C(NC1CC(=O)N(C2Cc3ccccc3C2)C1)c1ccoc1. The van der Waals surface area contributed by atoms with E-state index in [2.05, 4.69) is 17.4 Å². The lowest BCUT2D eigenvalue weighted by Gasteiger charge is -2.24. The molecule has 1 aliphatic carbocycles. The van der Waals surface area contributed by atoms with Gasteiger partial charge in [-0.2, -0.15) is 0 Å². The Morgan fingerprint density at radius 2 is 1.87 bits per heavy atom. The van der Waals surface area contributed by atoms with E-state index in [-0.39, 0.29) is 23.9 Å². The molecule has 1 aromatic heterocycles. The highest BCUT2D eigenvalue weighted by Crippen LogP contribution is 2.28. The van der Waals surface area contributed by atoms with Crippen LogP contribution in [0.5, 0.6) is 0 Å². The monoisotopic (exact) mass is 310 g/mol. The molecule has 1 aliphatic heterocycles. The van der Waals surface area contributed by atoms with Crippen molar-refractivity contribution in [3.8, 4) is 0 Å². The molecule has 118 valence electrons. The summed E-state index contributed by atoms with van der Waals surface area (Å²) in [6, 6.07) is 10.1. The van der Waals surface area contributed by atoms with Gasteiger partial charge in [-0.15, -0.1) is 0 Å². The van der Waals surface area contributed by atoms with Gasteiger partial charge in [-0.25, -0.2) is 0 Å². The van der Waals surface area contributed by atoms with Crippen LogP contribution in [0.15, 0.2) is 47.3 Å². The summed E-state index contributed by atoms with van der Waals surface area (Å²) in [5.41, 5.74) is 3.15. The summed E-state index contributed by atoms with van der Waals surface area (Å²) in [7, 11) is 0. The molecule has 2 amide bonds. The highest BCUT2D eigenvalue weighted by Gasteiger charge is 2.37. The number of fused-ring (bicyclic) bond motifs is 1. The van der Waals surface area contributed by atoms with Crippen molar-refractivity contribution in [2.75, 3.05) is 6.54 Å². The fourth-order valence-electron chi connectivity index (χ4n) is 3.60. The molecule has 0 radical (unpaired) electrons. The van der Waals surface area contributed by atoms with Crippen LogP contribution in [0.1, 0.15) is 27.9 Å². The third kappa shape index (κ3) is 2.63. The molecule has 0 saturated carbocycles. The summed E-state index contributed by atoms with van der Waals surface area (Å²) >= 11 is 0. The third-order valence-electron chi connectivity index (χ3n) is 4.75. The first-order chi connectivity index (χ1) is 11.2. The molecule has 5 heteroatoms. The standard InChI is InChI=1S/C18H18N2O3/c21-17-9-15(19-18(22)14-5-6-23-11-14)10-20(17)16-7-12-3-1-2-4-13(12)8-16/h1-6,11,15-16H,7-10H2,(H,19,22). The average molecular weight is 310 g/mol. The quantitative estimate of drug-likeness (QED) is 0.940. The highest BCUT2D eigenvalue weighted by atomic mass is 16.3. The number of benzene rings is 1. The molecule has 4 rings (SSSR count). The van der Waals surface area contributed by atoms with E-state index in [1.165, 1.54) is 23.7 Å². The number of amides is 2. The Bertz CT molecular complexity index is 713. The van der Waals surface area contributed by atoms with Gasteiger partial charge < -0.3 is 14.6 Å². The van der Waals surface area contributed by atoms with E-state index in [9.17, 15) is 9.59 Å². The van der Waals surface area contributed by atoms with Gasteiger partial charge in [-0.05, 0) is 30.0 Å². The van der Waals surface area contributed by atoms with E-state index in [1.807, 2.05) is 17.0 Å². The van der Waals surface area contributed by atoms with E-state index in [0.717, 1.165) is 12.8 Å². The van der Waals surface area contributed by atoms with Crippen LogP contribution in [0.2, 0.25) is 0 Å². The van der Waals surface area contributed by atoms with Crippen LogP contribution < -0.4 is 5.32 Å². The zero-order chi connectivity index (χ0) is 15.8. The van der Waals surface area contributed by atoms with Crippen molar-refractivity contribution in [3.05, 3.63) is 59.5 Å². The Labute approximate surface area is 134 Å². The maximum Gasteiger partial charge on any atom is 0.254 e. The van der Waals surface area contributed by atoms with Crippen LogP contribution in [-0.2, 0) is 17.6 Å². The van der Waals surface area contributed by atoms with Crippen molar-refractivity contribution in [1.29, 1.82) is 0 Å². The predicted molar refractivity (Wildman–Crippen MR) is 83.9 cm³/mol. The lowest BCUT2D eigenvalue weighted by molar-refractivity contribution is -0.129. The molecule has 1 atom stereocenters. The molecule has 1 N–H and O–H groups in total. The molecule has 5 nitrogen and oxygen atoms in total. The Balaban J connectivity index is 1.41. The Morgan fingerprint density at radius 1 is 1.13 bits per heavy atom. The number of likely N-dealkylation sites (tertiary alicyclic amines) is 1. The summed E-state index contributed by atoms with van der Waals surface area (Å²) < 4.78 is 4.92. The summed E-state index contributed by atoms with van der Waals surface area (Å²) in [5, 5.41) is 2.92. The molecular weight excluding hydrogens is 292 g/mol. The number of nitrogens with one attached hydrogen (secondary N) is 1. The maximum absolute atomic E-state index is 12.3. The Hall–Kier alpha value is -2.56. The van der Waals surface area contributed by atoms with Gasteiger partial charge in [0.15, 0.2) is 0 Å². The number of hydrogen-bond donors (Lipinski definition) is 1. The Kier molecular flexibility index (Phi) is 3.41. The predicted octanol–water partition coefficient (Wildman–Crippen LogP) is 1.78. The van der Waals surface area contributed by atoms with E-state index in [1.54, 1.807) is 6.07 Å². The van der Waals surface area contributed by atoms with Crippen LogP contribution in [-0.4, -0.2) is 35.3 Å². The van der Waals surface area contributed by atoms with Gasteiger partial charge in [-0.1, -0.05) is 24.3 Å². The largest absolute Gasteiger partial charge is 0.472 e. The number of carbonyl (C=O) groups is 2.